The second-order valence-electron chi connectivity index (χ2n) is 3.15. The van der Waals surface area contributed by atoms with Crippen LogP contribution in [-0.4, -0.2) is 19.3 Å². The number of nitriles is 1. The van der Waals surface area contributed by atoms with Crippen molar-refractivity contribution in [3.63, 3.8) is 0 Å². The van der Waals surface area contributed by atoms with Gasteiger partial charge >= 0.3 is 5.97 Å². The molecular weight excluding hydrogens is 255 g/mol. The molecule has 0 bridgehead atoms. The fourth-order valence-corrected chi connectivity index (χ4v) is 1.76. The zero-order valence-corrected chi connectivity index (χ0v) is 10.7. The first kappa shape index (κ1) is 14.1. The first-order valence-corrected chi connectivity index (χ1v) is 6.14. The van der Waals surface area contributed by atoms with Crippen molar-refractivity contribution in [2.24, 2.45) is 0 Å². The predicted octanol–water partition coefficient (Wildman–Crippen LogP) is 2.51. The quantitative estimate of drug-likeness (QED) is 0.515. The number of hydrogen-bond donors (Lipinski definition) is 1. The van der Waals surface area contributed by atoms with Gasteiger partial charge in [-0.3, -0.25) is 0 Å². The molecule has 0 aliphatic heterocycles. The number of rotatable bonds is 4. The highest BCUT2D eigenvalue weighted by Gasteiger charge is 2.15. The molecule has 0 heterocycles. The number of esters is 1. The highest BCUT2D eigenvalue weighted by atomic mass is 32.2. The Morgan fingerprint density at radius 2 is 2.28 bits per heavy atom. The lowest BCUT2D eigenvalue weighted by Crippen LogP contribution is -2.09. The number of thioether (sulfide) groups is 1. The lowest BCUT2D eigenvalue weighted by molar-refractivity contribution is -0.135. The van der Waals surface area contributed by atoms with Crippen molar-refractivity contribution in [3.8, 4) is 6.07 Å². The number of carbonyl (C=O) groups excluding carboxylic acids is 1. The summed E-state index contributed by atoms with van der Waals surface area (Å²) in [7, 11) is 1.19. The second-order valence-corrected chi connectivity index (χ2v) is 3.96. The van der Waals surface area contributed by atoms with E-state index >= 15 is 0 Å². The monoisotopic (exact) mass is 266 g/mol. The normalized spacial score (nSPS) is 11.2. The molecule has 0 radical (unpaired) electrons. The van der Waals surface area contributed by atoms with E-state index in [4.69, 9.17) is 5.26 Å². The molecule has 1 N–H and O–H groups in total. The Morgan fingerprint density at radius 1 is 1.56 bits per heavy atom. The van der Waals surface area contributed by atoms with Crippen molar-refractivity contribution in [2.45, 2.75) is 0 Å². The SMILES string of the molecule is COC(=O)C(C#N)=C(Nc1cccc(F)c1)SC. The fourth-order valence-electron chi connectivity index (χ4n) is 1.20. The largest absolute Gasteiger partial charge is 0.465 e. The molecule has 1 aromatic carbocycles. The van der Waals surface area contributed by atoms with Crippen LogP contribution in [0.1, 0.15) is 0 Å². The average molecular weight is 266 g/mol. The molecule has 0 atom stereocenters. The topological polar surface area (TPSA) is 62.1 Å². The van der Waals surface area contributed by atoms with Gasteiger partial charge in [0, 0.05) is 5.69 Å². The molecule has 0 saturated heterocycles. The number of anilines is 1. The van der Waals surface area contributed by atoms with Crippen LogP contribution in [0.2, 0.25) is 0 Å². The van der Waals surface area contributed by atoms with E-state index in [0.717, 1.165) is 0 Å². The van der Waals surface area contributed by atoms with Crippen LogP contribution in [0.4, 0.5) is 10.1 Å². The Morgan fingerprint density at radius 3 is 2.78 bits per heavy atom. The Kier molecular flexibility index (Phi) is 5.21. The van der Waals surface area contributed by atoms with Crippen LogP contribution in [0, 0.1) is 17.1 Å². The van der Waals surface area contributed by atoms with Gasteiger partial charge in [0.05, 0.1) is 12.1 Å². The van der Waals surface area contributed by atoms with E-state index in [1.807, 2.05) is 0 Å². The number of nitrogens with zero attached hydrogens (tertiary/aromatic N) is 1. The van der Waals surface area contributed by atoms with Gasteiger partial charge in [-0.25, -0.2) is 9.18 Å². The number of halogens is 1. The maximum atomic E-state index is 13.0. The summed E-state index contributed by atoms with van der Waals surface area (Å²) in [6.07, 6.45) is 1.70. The van der Waals surface area contributed by atoms with E-state index in [2.05, 4.69) is 10.1 Å². The Labute approximate surface area is 108 Å². The molecular formula is C12H11FN2O2S. The van der Waals surface area contributed by atoms with Gasteiger partial charge in [-0.2, -0.15) is 5.26 Å². The van der Waals surface area contributed by atoms with E-state index in [-0.39, 0.29) is 5.57 Å². The van der Waals surface area contributed by atoms with Crippen molar-refractivity contribution in [1.82, 2.24) is 0 Å². The van der Waals surface area contributed by atoms with Crippen molar-refractivity contribution >= 4 is 23.4 Å². The Bertz CT molecular complexity index is 523. The number of nitrogens with one attached hydrogen (secondary N) is 1. The number of carbonyl (C=O) groups is 1. The maximum Gasteiger partial charge on any atom is 0.351 e. The van der Waals surface area contributed by atoms with Crippen LogP contribution in [0.5, 0.6) is 0 Å². The lowest BCUT2D eigenvalue weighted by Gasteiger charge is -2.10. The summed E-state index contributed by atoms with van der Waals surface area (Å²) < 4.78 is 17.5. The predicted molar refractivity (Wildman–Crippen MR) is 68.2 cm³/mol. The first-order chi connectivity index (χ1) is 8.62. The highest BCUT2D eigenvalue weighted by Crippen LogP contribution is 2.21. The molecule has 94 valence electrons. The molecule has 0 fully saturated rings. The summed E-state index contributed by atoms with van der Waals surface area (Å²) in [4.78, 5) is 11.4. The molecule has 0 aliphatic rings. The zero-order chi connectivity index (χ0) is 13.5. The zero-order valence-electron chi connectivity index (χ0n) is 9.86. The number of benzene rings is 1. The van der Waals surface area contributed by atoms with Crippen LogP contribution in [0.3, 0.4) is 0 Å². The maximum absolute atomic E-state index is 13.0. The minimum absolute atomic E-state index is 0.144. The molecule has 0 aromatic heterocycles. The van der Waals surface area contributed by atoms with E-state index in [9.17, 15) is 9.18 Å². The van der Waals surface area contributed by atoms with Crippen molar-refractivity contribution < 1.29 is 13.9 Å². The van der Waals surface area contributed by atoms with Gasteiger partial charge in [-0.1, -0.05) is 6.07 Å². The molecule has 0 spiro atoms. The second kappa shape index (κ2) is 6.67. The van der Waals surface area contributed by atoms with E-state index in [1.165, 1.54) is 37.1 Å². The van der Waals surface area contributed by atoms with Crippen LogP contribution < -0.4 is 5.32 Å². The summed E-state index contributed by atoms with van der Waals surface area (Å²) in [6.45, 7) is 0. The van der Waals surface area contributed by atoms with E-state index in [1.54, 1.807) is 18.4 Å². The summed E-state index contributed by atoms with van der Waals surface area (Å²) in [6, 6.07) is 7.50. The minimum atomic E-state index is -0.731. The third-order valence-corrected chi connectivity index (χ3v) is 2.73. The molecule has 1 aromatic rings. The summed E-state index contributed by atoms with van der Waals surface area (Å²) >= 11 is 1.17. The van der Waals surface area contributed by atoms with Gasteiger partial charge in [0.2, 0.25) is 0 Å². The standard InChI is InChI=1S/C12H11FN2O2S/c1-17-12(16)10(7-14)11(18-2)15-9-5-3-4-8(13)6-9/h3-6,15H,1-2H3. The van der Waals surface area contributed by atoms with Gasteiger partial charge in [-0.15, -0.1) is 11.8 Å². The minimum Gasteiger partial charge on any atom is -0.465 e. The van der Waals surface area contributed by atoms with Gasteiger partial charge < -0.3 is 10.1 Å². The highest BCUT2D eigenvalue weighted by molar-refractivity contribution is 8.02. The number of hydrogen-bond acceptors (Lipinski definition) is 5. The van der Waals surface area contributed by atoms with Crippen molar-refractivity contribution in [2.75, 3.05) is 18.7 Å². The van der Waals surface area contributed by atoms with Crippen LogP contribution in [-0.2, 0) is 9.53 Å². The molecule has 0 aliphatic carbocycles. The number of methoxy groups -OCH3 is 1. The van der Waals surface area contributed by atoms with Gasteiger partial charge in [0.1, 0.15) is 11.9 Å². The molecule has 0 unspecified atom stereocenters. The van der Waals surface area contributed by atoms with Crippen LogP contribution in [0.15, 0.2) is 34.9 Å². The summed E-state index contributed by atoms with van der Waals surface area (Å²) in [5.74, 6) is -1.14. The molecule has 0 saturated carbocycles. The molecule has 1 rings (SSSR count). The number of ether oxygens (including phenoxy) is 1. The third kappa shape index (κ3) is 3.50. The average Bonchev–Trinajstić information content (AvgIpc) is 2.38. The molecule has 18 heavy (non-hydrogen) atoms. The molecule has 4 nitrogen and oxygen atoms in total. The van der Waals surface area contributed by atoms with Crippen molar-refractivity contribution in [3.05, 3.63) is 40.7 Å². The first-order valence-electron chi connectivity index (χ1n) is 4.91. The van der Waals surface area contributed by atoms with Crippen LogP contribution >= 0.6 is 11.8 Å². The van der Waals surface area contributed by atoms with Gasteiger partial charge in [-0.05, 0) is 24.5 Å². The van der Waals surface area contributed by atoms with E-state index in [0.29, 0.717) is 10.7 Å². The van der Waals surface area contributed by atoms with Gasteiger partial charge in [0.15, 0.2) is 5.57 Å². The third-order valence-electron chi connectivity index (χ3n) is 2.01. The Hall–Kier alpha value is -2.00. The van der Waals surface area contributed by atoms with E-state index < -0.39 is 11.8 Å². The lowest BCUT2D eigenvalue weighted by atomic mass is 10.3. The van der Waals surface area contributed by atoms with Crippen molar-refractivity contribution in [1.29, 1.82) is 5.26 Å². The van der Waals surface area contributed by atoms with Gasteiger partial charge in [0.25, 0.3) is 0 Å². The molecule has 0 amide bonds. The summed E-state index contributed by atoms with van der Waals surface area (Å²) in [5, 5.41) is 12.1. The smallest absolute Gasteiger partial charge is 0.351 e. The summed E-state index contributed by atoms with van der Waals surface area (Å²) in [5.41, 5.74) is 0.310. The molecule has 6 heteroatoms. The fraction of sp³-hybridized carbons (Fsp3) is 0.167. The van der Waals surface area contributed by atoms with Crippen LogP contribution in [0.25, 0.3) is 0 Å². The Balaban J connectivity index is 3.07.